The number of nitrogens with one attached hydrogen (secondary N) is 1. The molecule has 1 aromatic rings. The van der Waals surface area contributed by atoms with E-state index < -0.39 is 0 Å². The van der Waals surface area contributed by atoms with E-state index in [9.17, 15) is 0 Å². The molecule has 0 amide bonds. The van der Waals surface area contributed by atoms with E-state index in [1.165, 1.54) is 18.4 Å². The number of para-hydroxylation sites is 1. The lowest BCUT2D eigenvalue weighted by Gasteiger charge is -2.29. The van der Waals surface area contributed by atoms with Gasteiger partial charge < -0.3 is 10.1 Å². The predicted octanol–water partition coefficient (Wildman–Crippen LogP) is 3.53. The molecule has 2 atom stereocenters. The van der Waals surface area contributed by atoms with Gasteiger partial charge in [-0.25, -0.2) is 0 Å². The molecule has 0 aliphatic carbocycles. The second-order valence-corrected chi connectivity index (χ2v) is 5.35. The molecule has 1 aromatic carbocycles. The summed E-state index contributed by atoms with van der Waals surface area (Å²) in [5.41, 5.74) is 1.31. The minimum absolute atomic E-state index is 0.235. The van der Waals surface area contributed by atoms with Crippen molar-refractivity contribution in [1.82, 2.24) is 5.32 Å². The Balaban J connectivity index is 2.14. The van der Waals surface area contributed by atoms with Gasteiger partial charge in [-0.1, -0.05) is 25.1 Å². The first-order valence-electron chi connectivity index (χ1n) is 6.65. The molecule has 1 saturated heterocycles. The SMILES string of the molecule is CC1CCC(c2ccccc2OC(C)C)NC1. The normalized spacial score (nSPS) is 24.9. The van der Waals surface area contributed by atoms with Crippen LogP contribution < -0.4 is 10.1 Å². The first-order valence-corrected chi connectivity index (χ1v) is 6.65. The maximum Gasteiger partial charge on any atom is 0.124 e. The Morgan fingerprint density at radius 1 is 1.24 bits per heavy atom. The molecule has 1 fully saturated rings. The Morgan fingerprint density at radius 3 is 2.65 bits per heavy atom. The zero-order valence-corrected chi connectivity index (χ0v) is 11.1. The Bertz CT molecular complexity index is 354. The molecule has 2 heteroatoms. The van der Waals surface area contributed by atoms with Gasteiger partial charge in [0.15, 0.2) is 0 Å². The van der Waals surface area contributed by atoms with E-state index in [0.717, 1.165) is 18.2 Å². The highest BCUT2D eigenvalue weighted by atomic mass is 16.5. The summed E-state index contributed by atoms with van der Waals surface area (Å²) in [4.78, 5) is 0. The molecular weight excluding hydrogens is 210 g/mol. The van der Waals surface area contributed by atoms with Crippen molar-refractivity contribution in [3.8, 4) is 5.75 Å². The van der Waals surface area contributed by atoms with Crippen molar-refractivity contribution >= 4 is 0 Å². The summed E-state index contributed by atoms with van der Waals surface area (Å²) in [7, 11) is 0. The van der Waals surface area contributed by atoms with Crippen molar-refractivity contribution in [3.63, 3.8) is 0 Å². The zero-order chi connectivity index (χ0) is 12.3. The fourth-order valence-corrected chi connectivity index (χ4v) is 2.39. The fourth-order valence-electron chi connectivity index (χ4n) is 2.39. The highest BCUT2D eigenvalue weighted by molar-refractivity contribution is 5.36. The molecule has 2 nitrogen and oxygen atoms in total. The second kappa shape index (κ2) is 5.54. The van der Waals surface area contributed by atoms with Crippen LogP contribution in [0.25, 0.3) is 0 Å². The van der Waals surface area contributed by atoms with Crippen molar-refractivity contribution in [2.45, 2.75) is 45.8 Å². The van der Waals surface area contributed by atoms with E-state index in [4.69, 9.17) is 4.74 Å². The van der Waals surface area contributed by atoms with Gasteiger partial charge in [-0.15, -0.1) is 0 Å². The highest BCUT2D eigenvalue weighted by Crippen LogP contribution is 2.32. The van der Waals surface area contributed by atoms with Crippen molar-refractivity contribution in [1.29, 1.82) is 0 Å². The van der Waals surface area contributed by atoms with Crippen LogP contribution in [0.1, 0.15) is 45.2 Å². The molecule has 0 aromatic heterocycles. The van der Waals surface area contributed by atoms with Crippen molar-refractivity contribution in [2.75, 3.05) is 6.54 Å². The van der Waals surface area contributed by atoms with Gasteiger partial charge in [0, 0.05) is 11.6 Å². The summed E-state index contributed by atoms with van der Waals surface area (Å²) >= 11 is 0. The summed E-state index contributed by atoms with van der Waals surface area (Å²) in [6.07, 6.45) is 2.74. The second-order valence-electron chi connectivity index (χ2n) is 5.35. The quantitative estimate of drug-likeness (QED) is 0.862. The van der Waals surface area contributed by atoms with Crippen LogP contribution in [0.5, 0.6) is 5.75 Å². The summed E-state index contributed by atoms with van der Waals surface area (Å²) in [5, 5.41) is 3.62. The van der Waals surface area contributed by atoms with Crippen LogP contribution >= 0.6 is 0 Å². The molecule has 17 heavy (non-hydrogen) atoms. The summed E-state index contributed by atoms with van der Waals surface area (Å²) < 4.78 is 5.89. The lowest BCUT2D eigenvalue weighted by molar-refractivity contribution is 0.233. The maximum atomic E-state index is 5.89. The number of benzene rings is 1. The number of ether oxygens (including phenoxy) is 1. The van der Waals surface area contributed by atoms with Gasteiger partial charge in [0.1, 0.15) is 5.75 Å². The number of hydrogen-bond acceptors (Lipinski definition) is 2. The predicted molar refractivity (Wildman–Crippen MR) is 71.3 cm³/mol. The van der Waals surface area contributed by atoms with Crippen molar-refractivity contribution < 1.29 is 4.74 Å². The van der Waals surface area contributed by atoms with Gasteiger partial charge in [-0.3, -0.25) is 0 Å². The minimum Gasteiger partial charge on any atom is -0.491 e. The third-order valence-corrected chi connectivity index (χ3v) is 3.32. The van der Waals surface area contributed by atoms with E-state index in [1.54, 1.807) is 0 Å². The highest BCUT2D eigenvalue weighted by Gasteiger charge is 2.21. The van der Waals surface area contributed by atoms with Gasteiger partial charge in [-0.2, -0.15) is 0 Å². The number of piperidine rings is 1. The molecule has 1 heterocycles. The molecule has 0 saturated carbocycles. The minimum atomic E-state index is 0.235. The molecule has 0 bridgehead atoms. The van der Waals surface area contributed by atoms with Gasteiger partial charge in [0.05, 0.1) is 6.10 Å². The van der Waals surface area contributed by atoms with Crippen LogP contribution in [-0.2, 0) is 0 Å². The Labute approximate surface area is 104 Å². The van der Waals surface area contributed by atoms with Crippen LogP contribution in [0.15, 0.2) is 24.3 Å². The Kier molecular flexibility index (Phi) is 4.06. The largest absolute Gasteiger partial charge is 0.491 e. The third-order valence-electron chi connectivity index (χ3n) is 3.32. The Morgan fingerprint density at radius 2 is 2.00 bits per heavy atom. The van der Waals surface area contributed by atoms with E-state index in [1.807, 2.05) is 6.07 Å². The van der Waals surface area contributed by atoms with Crippen molar-refractivity contribution in [3.05, 3.63) is 29.8 Å². The topological polar surface area (TPSA) is 21.3 Å². The standard InChI is InChI=1S/C15H23NO/c1-11(2)17-15-7-5-4-6-13(15)14-9-8-12(3)10-16-14/h4-7,11-12,14,16H,8-10H2,1-3H3. The van der Waals surface area contributed by atoms with Gasteiger partial charge in [0.25, 0.3) is 0 Å². The molecule has 0 radical (unpaired) electrons. The summed E-state index contributed by atoms with van der Waals surface area (Å²) in [5.74, 6) is 1.83. The third kappa shape index (κ3) is 3.22. The van der Waals surface area contributed by atoms with Crippen LogP contribution in [0.4, 0.5) is 0 Å². The molecule has 2 rings (SSSR count). The van der Waals surface area contributed by atoms with E-state index in [-0.39, 0.29) is 6.10 Å². The van der Waals surface area contributed by atoms with Crippen LogP contribution in [0.2, 0.25) is 0 Å². The number of hydrogen-bond donors (Lipinski definition) is 1. The van der Waals surface area contributed by atoms with Gasteiger partial charge >= 0.3 is 0 Å². The average Bonchev–Trinajstić information content (AvgIpc) is 2.30. The molecule has 0 spiro atoms. The first-order chi connectivity index (χ1) is 8.16. The molecule has 1 N–H and O–H groups in total. The monoisotopic (exact) mass is 233 g/mol. The van der Waals surface area contributed by atoms with Crippen molar-refractivity contribution in [2.24, 2.45) is 5.92 Å². The lowest BCUT2D eigenvalue weighted by atomic mass is 9.91. The molecule has 1 aliphatic heterocycles. The van der Waals surface area contributed by atoms with E-state index >= 15 is 0 Å². The van der Waals surface area contributed by atoms with Gasteiger partial charge in [0.2, 0.25) is 0 Å². The molecular formula is C15H23NO. The average molecular weight is 233 g/mol. The van der Waals surface area contributed by atoms with Crippen LogP contribution in [0, 0.1) is 5.92 Å². The lowest BCUT2D eigenvalue weighted by Crippen LogP contribution is -2.32. The molecule has 94 valence electrons. The Hall–Kier alpha value is -1.02. The van der Waals surface area contributed by atoms with Gasteiger partial charge in [-0.05, 0) is 45.2 Å². The van der Waals surface area contributed by atoms with Crippen LogP contribution in [-0.4, -0.2) is 12.6 Å². The smallest absolute Gasteiger partial charge is 0.124 e. The van der Waals surface area contributed by atoms with E-state index in [2.05, 4.69) is 44.3 Å². The summed E-state index contributed by atoms with van der Waals surface area (Å²) in [6, 6.07) is 8.87. The summed E-state index contributed by atoms with van der Waals surface area (Å²) in [6.45, 7) is 7.57. The molecule has 2 unspecified atom stereocenters. The fraction of sp³-hybridized carbons (Fsp3) is 0.600. The first kappa shape index (κ1) is 12.4. The molecule has 1 aliphatic rings. The van der Waals surface area contributed by atoms with Crippen LogP contribution in [0.3, 0.4) is 0 Å². The zero-order valence-electron chi connectivity index (χ0n) is 11.1. The van der Waals surface area contributed by atoms with E-state index in [0.29, 0.717) is 6.04 Å². The number of rotatable bonds is 3. The maximum absolute atomic E-state index is 5.89.